The van der Waals surface area contributed by atoms with Crippen LogP contribution in [0.5, 0.6) is 0 Å². The predicted molar refractivity (Wildman–Crippen MR) is 136 cm³/mol. The van der Waals surface area contributed by atoms with E-state index in [0.717, 1.165) is 16.6 Å². The first kappa shape index (κ1) is 22.3. The van der Waals surface area contributed by atoms with Crippen molar-refractivity contribution >= 4 is 28.2 Å². The van der Waals surface area contributed by atoms with Crippen molar-refractivity contribution in [2.75, 3.05) is 12.4 Å². The van der Waals surface area contributed by atoms with Crippen molar-refractivity contribution in [1.29, 1.82) is 0 Å². The van der Waals surface area contributed by atoms with E-state index in [1.54, 1.807) is 36.3 Å². The molecule has 8 nitrogen and oxygen atoms in total. The zero-order valence-corrected chi connectivity index (χ0v) is 19.9. The number of nitrogens with zero attached hydrogens (tertiary/aromatic N) is 4. The molecule has 0 aliphatic heterocycles. The number of aryl methyl sites for hydroxylation is 2. The van der Waals surface area contributed by atoms with Crippen LogP contribution in [0.2, 0.25) is 0 Å². The number of carbonyl (C=O) groups excluding carboxylic acids is 1. The van der Waals surface area contributed by atoms with E-state index in [2.05, 4.69) is 21.4 Å². The standard InChI is InChI=1S/C27H25N5O3/c1-16-13-19(17(2)30-21-10-6-5-9-18(21)27(34)35-4)24-20(14-16)26(33)31(3)25-23(29-15-32(24)25)22-11-7-8-12-28-22/h5-15,17,30H,1-4H3. The van der Waals surface area contributed by atoms with Crippen LogP contribution in [-0.2, 0) is 11.8 Å². The van der Waals surface area contributed by atoms with Gasteiger partial charge in [-0.05, 0) is 55.3 Å². The Morgan fingerprint density at radius 3 is 2.60 bits per heavy atom. The Kier molecular flexibility index (Phi) is 5.56. The highest BCUT2D eigenvalue weighted by atomic mass is 16.5. The van der Waals surface area contributed by atoms with E-state index in [1.807, 2.05) is 54.6 Å². The number of nitrogens with one attached hydrogen (secondary N) is 1. The first-order chi connectivity index (χ1) is 16.9. The molecule has 1 N–H and O–H groups in total. The summed E-state index contributed by atoms with van der Waals surface area (Å²) in [7, 11) is 3.11. The SMILES string of the molecule is COC(=O)c1ccccc1NC(C)c1cc(C)cc2c(=O)n(C)c3c(-c4ccccn4)ncn3c12. The first-order valence-corrected chi connectivity index (χ1v) is 11.3. The van der Waals surface area contributed by atoms with Crippen LogP contribution in [0.25, 0.3) is 27.9 Å². The molecule has 2 aromatic carbocycles. The van der Waals surface area contributed by atoms with Crippen molar-refractivity contribution in [3.05, 3.63) is 94.2 Å². The summed E-state index contributed by atoms with van der Waals surface area (Å²) in [6.07, 6.45) is 3.44. The molecule has 0 aliphatic carbocycles. The summed E-state index contributed by atoms with van der Waals surface area (Å²) in [6, 6.07) is 16.5. The van der Waals surface area contributed by atoms with Crippen molar-refractivity contribution in [1.82, 2.24) is 18.9 Å². The predicted octanol–water partition coefficient (Wildman–Crippen LogP) is 4.52. The zero-order valence-electron chi connectivity index (χ0n) is 19.9. The average Bonchev–Trinajstić information content (AvgIpc) is 3.32. The van der Waals surface area contributed by atoms with Gasteiger partial charge >= 0.3 is 5.97 Å². The molecule has 3 heterocycles. The molecule has 0 saturated heterocycles. The van der Waals surface area contributed by atoms with Gasteiger partial charge in [-0.2, -0.15) is 0 Å². The number of carbonyl (C=O) groups is 1. The maximum Gasteiger partial charge on any atom is 0.339 e. The van der Waals surface area contributed by atoms with Crippen LogP contribution in [0, 0.1) is 6.92 Å². The minimum Gasteiger partial charge on any atom is -0.465 e. The van der Waals surface area contributed by atoms with Crippen LogP contribution in [-0.4, -0.2) is 32.0 Å². The highest BCUT2D eigenvalue weighted by Crippen LogP contribution is 2.31. The van der Waals surface area contributed by atoms with Gasteiger partial charge in [0.25, 0.3) is 5.56 Å². The third-order valence-electron chi connectivity index (χ3n) is 6.20. The summed E-state index contributed by atoms with van der Waals surface area (Å²) >= 11 is 0. The summed E-state index contributed by atoms with van der Waals surface area (Å²) in [5.41, 5.74) is 5.61. The maximum atomic E-state index is 13.5. The zero-order chi connectivity index (χ0) is 24.7. The van der Waals surface area contributed by atoms with Crippen LogP contribution >= 0.6 is 0 Å². The molecule has 3 aromatic heterocycles. The molecule has 1 atom stereocenters. The number of benzene rings is 2. The number of fused-ring (bicyclic) bond motifs is 3. The summed E-state index contributed by atoms with van der Waals surface area (Å²) in [5, 5.41) is 4.04. The molecular weight excluding hydrogens is 442 g/mol. The number of para-hydroxylation sites is 1. The number of ether oxygens (including phenoxy) is 1. The maximum absolute atomic E-state index is 13.5. The number of esters is 1. The summed E-state index contributed by atoms with van der Waals surface area (Å²) in [5.74, 6) is -0.416. The van der Waals surface area contributed by atoms with E-state index >= 15 is 0 Å². The summed E-state index contributed by atoms with van der Waals surface area (Å²) in [4.78, 5) is 34.9. The van der Waals surface area contributed by atoms with Gasteiger partial charge in [-0.3, -0.25) is 18.7 Å². The lowest BCUT2D eigenvalue weighted by atomic mass is 10.00. The monoisotopic (exact) mass is 467 g/mol. The van der Waals surface area contributed by atoms with Crippen molar-refractivity contribution in [3.8, 4) is 11.4 Å². The number of hydrogen-bond donors (Lipinski definition) is 1. The van der Waals surface area contributed by atoms with Gasteiger partial charge in [-0.1, -0.05) is 24.3 Å². The van der Waals surface area contributed by atoms with E-state index in [0.29, 0.717) is 33.7 Å². The number of hydrogen-bond acceptors (Lipinski definition) is 6. The number of pyridine rings is 1. The molecule has 0 bridgehead atoms. The van der Waals surface area contributed by atoms with Gasteiger partial charge in [0, 0.05) is 18.9 Å². The lowest BCUT2D eigenvalue weighted by Crippen LogP contribution is -2.22. The molecule has 35 heavy (non-hydrogen) atoms. The van der Waals surface area contributed by atoms with Crippen molar-refractivity contribution in [2.24, 2.45) is 7.05 Å². The Morgan fingerprint density at radius 1 is 1.09 bits per heavy atom. The van der Waals surface area contributed by atoms with Gasteiger partial charge < -0.3 is 10.1 Å². The van der Waals surface area contributed by atoms with E-state index < -0.39 is 5.97 Å². The van der Waals surface area contributed by atoms with Crippen molar-refractivity contribution < 1.29 is 9.53 Å². The molecule has 5 aromatic rings. The van der Waals surface area contributed by atoms with Crippen LogP contribution in [0.3, 0.4) is 0 Å². The Hall–Kier alpha value is -4.46. The second-order valence-electron chi connectivity index (χ2n) is 8.52. The molecule has 1 unspecified atom stereocenters. The Labute approximate surface area is 201 Å². The highest BCUT2D eigenvalue weighted by molar-refractivity contribution is 5.96. The fourth-order valence-electron chi connectivity index (χ4n) is 4.56. The fourth-order valence-corrected chi connectivity index (χ4v) is 4.56. The first-order valence-electron chi connectivity index (χ1n) is 11.3. The molecule has 0 fully saturated rings. The second kappa shape index (κ2) is 8.72. The highest BCUT2D eigenvalue weighted by Gasteiger charge is 2.21. The van der Waals surface area contributed by atoms with Gasteiger partial charge in [-0.15, -0.1) is 0 Å². The Morgan fingerprint density at radius 2 is 1.86 bits per heavy atom. The molecule has 0 radical (unpaired) electrons. The topological polar surface area (TPSA) is 90.5 Å². The Balaban J connectivity index is 1.74. The third kappa shape index (κ3) is 3.73. The normalized spacial score (nSPS) is 12.1. The molecular formula is C27H25N5O3. The Bertz CT molecular complexity index is 1640. The summed E-state index contributed by atoms with van der Waals surface area (Å²) in [6.45, 7) is 3.97. The van der Waals surface area contributed by atoms with E-state index in [9.17, 15) is 9.59 Å². The lowest BCUT2D eigenvalue weighted by Gasteiger charge is -2.21. The molecule has 5 rings (SSSR count). The van der Waals surface area contributed by atoms with Gasteiger partial charge in [-0.25, -0.2) is 9.78 Å². The average molecular weight is 468 g/mol. The van der Waals surface area contributed by atoms with Crippen molar-refractivity contribution in [2.45, 2.75) is 19.9 Å². The lowest BCUT2D eigenvalue weighted by molar-refractivity contribution is 0.0602. The van der Waals surface area contributed by atoms with Crippen molar-refractivity contribution in [3.63, 3.8) is 0 Å². The molecule has 0 amide bonds. The minimum atomic E-state index is -0.416. The number of aromatic nitrogens is 4. The summed E-state index contributed by atoms with van der Waals surface area (Å²) < 4.78 is 8.51. The van der Waals surface area contributed by atoms with Gasteiger partial charge in [0.15, 0.2) is 0 Å². The van der Waals surface area contributed by atoms with Gasteiger partial charge in [0.05, 0.1) is 35.3 Å². The van der Waals surface area contributed by atoms with Gasteiger partial charge in [0.1, 0.15) is 17.7 Å². The second-order valence-corrected chi connectivity index (χ2v) is 8.52. The number of anilines is 1. The number of imidazole rings is 1. The fraction of sp³-hybridized carbons (Fsp3) is 0.185. The molecule has 0 spiro atoms. The van der Waals surface area contributed by atoms with E-state index in [4.69, 9.17) is 4.74 Å². The minimum absolute atomic E-state index is 0.114. The van der Waals surface area contributed by atoms with Crippen LogP contribution in [0.15, 0.2) is 71.9 Å². The molecule has 8 heteroatoms. The quantitative estimate of drug-likeness (QED) is 0.382. The third-order valence-corrected chi connectivity index (χ3v) is 6.20. The van der Waals surface area contributed by atoms with E-state index in [-0.39, 0.29) is 11.6 Å². The number of methoxy groups -OCH3 is 1. The number of rotatable bonds is 5. The molecule has 0 saturated carbocycles. The molecule has 176 valence electrons. The van der Waals surface area contributed by atoms with Gasteiger partial charge in [0.2, 0.25) is 0 Å². The van der Waals surface area contributed by atoms with Crippen LogP contribution in [0.4, 0.5) is 5.69 Å². The smallest absolute Gasteiger partial charge is 0.339 e. The van der Waals surface area contributed by atoms with Crippen LogP contribution in [0.1, 0.15) is 34.5 Å². The largest absolute Gasteiger partial charge is 0.465 e. The van der Waals surface area contributed by atoms with Crippen LogP contribution < -0.4 is 10.9 Å². The van der Waals surface area contributed by atoms with E-state index in [1.165, 1.54) is 7.11 Å². The molecule has 0 aliphatic rings.